The average Bonchev–Trinajstić information content (AvgIpc) is 2.89. The van der Waals surface area contributed by atoms with Gasteiger partial charge in [0.1, 0.15) is 4.60 Å². The van der Waals surface area contributed by atoms with E-state index < -0.39 is 0 Å². The van der Waals surface area contributed by atoms with Gasteiger partial charge in [-0.25, -0.2) is 4.98 Å². The van der Waals surface area contributed by atoms with Crippen LogP contribution in [0.3, 0.4) is 0 Å². The Labute approximate surface area is 118 Å². The fourth-order valence-electron chi connectivity index (χ4n) is 1.94. The molecule has 0 atom stereocenters. The molecular formula is C14H10BrN3O. The number of halogens is 1. The molecule has 1 amide bonds. The van der Waals surface area contributed by atoms with E-state index in [1.807, 2.05) is 24.4 Å². The molecule has 3 rings (SSSR count). The summed E-state index contributed by atoms with van der Waals surface area (Å²) in [5.74, 6) is -0.165. The van der Waals surface area contributed by atoms with E-state index in [9.17, 15) is 4.79 Å². The fourth-order valence-corrected chi connectivity index (χ4v) is 2.29. The summed E-state index contributed by atoms with van der Waals surface area (Å²) >= 11 is 3.31. The Kier molecular flexibility index (Phi) is 3.05. The standard InChI is InChI=1S/C14H10BrN3O/c15-13-11(5-2-7-17-13)18-14(19)10-4-1-3-9-6-8-16-12(9)10/h1-8,16H,(H,18,19). The monoisotopic (exact) mass is 315 g/mol. The summed E-state index contributed by atoms with van der Waals surface area (Å²) in [6.45, 7) is 0. The van der Waals surface area contributed by atoms with Gasteiger partial charge in [-0.3, -0.25) is 4.79 Å². The second kappa shape index (κ2) is 4.85. The van der Waals surface area contributed by atoms with Gasteiger partial charge in [-0.15, -0.1) is 0 Å². The number of aromatic nitrogens is 2. The van der Waals surface area contributed by atoms with Crippen molar-refractivity contribution in [1.82, 2.24) is 9.97 Å². The van der Waals surface area contributed by atoms with Gasteiger partial charge in [0.25, 0.3) is 5.91 Å². The zero-order chi connectivity index (χ0) is 13.2. The van der Waals surface area contributed by atoms with Crippen molar-refractivity contribution in [1.29, 1.82) is 0 Å². The van der Waals surface area contributed by atoms with E-state index in [-0.39, 0.29) is 5.91 Å². The molecule has 0 bridgehead atoms. The maximum atomic E-state index is 12.3. The molecule has 0 fully saturated rings. The van der Waals surface area contributed by atoms with E-state index in [2.05, 4.69) is 31.2 Å². The van der Waals surface area contributed by atoms with Gasteiger partial charge in [0.05, 0.1) is 16.8 Å². The maximum absolute atomic E-state index is 12.3. The van der Waals surface area contributed by atoms with E-state index in [4.69, 9.17) is 0 Å². The van der Waals surface area contributed by atoms with E-state index in [0.29, 0.717) is 15.9 Å². The van der Waals surface area contributed by atoms with Crippen molar-refractivity contribution in [3.8, 4) is 0 Å². The Morgan fingerprint density at radius 3 is 2.95 bits per heavy atom. The molecule has 2 heterocycles. The summed E-state index contributed by atoms with van der Waals surface area (Å²) in [4.78, 5) is 19.5. The second-order valence-corrected chi connectivity index (χ2v) is 4.79. The molecule has 19 heavy (non-hydrogen) atoms. The number of carbonyl (C=O) groups excluding carboxylic acids is 1. The third kappa shape index (κ3) is 2.24. The SMILES string of the molecule is O=C(Nc1cccnc1Br)c1cccc2cc[nH]c12. The first-order valence-electron chi connectivity index (χ1n) is 5.73. The van der Waals surface area contributed by atoms with Gasteiger partial charge in [0.2, 0.25) is 0 Å². The minimum atomic E-state index is -0.165. The third-order valence-corrected chi connectivity index (χ3v) is 3.47. The summed E-state index contributed by atoms with van der Waals surface area (Å²) in [5.41, 5.74) is 2.09. The van der Waals surface area contributed by atoms with Crippen LogP contribution < -0.4 is 5.32 Å². The molecule has 2 N–H and O–H groups in total. The number of carbonyl (C=O) groups is 1. The predicted octanol–water partition coefficient (Wildman–Crippen LogP) is 3.58. The number of hydrogen-bond donors (Lipinski definition) is 2. The van der Waals surface area contributed by atoms with Gasteiger partial charge in [0, 0.05) is 17.8 Å². The second-order valence-electron chi connectivity index (χ2n) is 4.04. The lowest BCUT2D eigenvalue weighted by Gasteiger charge is -2.07. The highest BCUT2D eigenvalue weighted by molar-refractivity contribution is 9.10. The van der Waals surface area contributed by atoms with Crippen molar-refractivity contribution in [2.75, 3.05) is 5.32 Å². The van der Waals surface area contributed by atoms with Crippen LogP contribution in [0, 0.1) is 0 Å². The molecule has 5 heteroatoms. The number of para-hydroxylation sites is 1. The van der Waals surface area contributed by atoms with Crippen LogP contribution >= 0.6 is 15.9 Å². The summed E-state index contributed by atoms with van der Waals surface area (Å²) in [6.07, 6.45) is 3.48. The zero-order valence-corrected chi connectivity index (χ0v) is 11.4. The van der Waals surface area contributed by atoms with Gasteiger partial charge in [-0.1, -0.05) is 12.1 Å². The molecule has 0 saturated carbocycles. The Morgan fingerprint density at radius 1 is 1.21 bits per heavy atom. The largest absolute Gasteiger partial charge is 0.361 e. The first kappa shape index (κ1) is 11.9. The minimum absolute atomic E-state index is 0.165. The quantitative estimate of drug-likeness (QED) is 0.710. The predicted molar refractivity (Wildman–Crippen MR) is 78.2 cm³/mol. The van der Waals surface area contributed by atoms with Crippen LogP contribution in [0.15, 0.2) is 53.4 Å². The lowest BCUT2D eigenvalue weighted by Crippen LogP contribution is -2.13. The summed E-state index contributed by atoms with van der Waals surface area (Å²) in [5, 5.41) is 3.85. The van der Waals surface area contributed by atoms with Gasteiger partial charge < -0.3 is 10.3 Å². The van der Waals surface area contributed by atoms with E-state index in [0.717, 1.165) is 10.9 Å². The van der Waals surface area contributed by atoms with Crippen molar-refractivity contribution in [2.24, 2.45) is 0 Å². The van der Waals surface area contributed by atoms with Crippen LogP contribution in [0.5, 0.6) is 0 Å². The molecule has 3 aromatic rings. The molecular weight excluding hydrogens is 306 g/mol. The molecule has 0 aliphatic rings. The molecule has 0 spiro atoms. The van der Waals surface area contributed by atoms with Crippen molar-refractivity contribution in [3.05, 3.63) is 59.0 Å². The van der Waals surface area contributed by atoms with E-state index >= 15 is 0 Å². The van der Waals surface area contributed by atoms with Crippen LogP contribution in [0.2, 0.25) is 0 Å². The summed E-state index contributed by atoms with van der Waals surface area (Å²) in [6, 6.07) is 11.1. The highest BCUT2D eigenvalue weighted by Gasteiger charge is 2.12. The van der Waals surface area contributed by atoms with Crippen LogP contribution in [0.1, 0.15) is 10.4 Å². The molecule has 0 radical (unpaired) electrons. The topological polar surface area (TPSA) is 57.8 Å². The highest BCUT2D eigenvalue weighted by atomic mass is 79.9. The molecule has 2 aromatic heterocycles. The van der Waals surface area contributed by atoms with Crippen molar-refractivity contribution >= 4 is 38.4 Å². The van der Waals surface area contributed by atoms with E-state index in [1.165, 1.54) is 0 Å². The molecule has 0 saturated heterocycles. The first-order chi connectivity index (χ1) is 9.25. The Bertz CT molecular complexity index is 751. The van der Waals surface area contributed by atoms with Gasteiger partial charge in [-0.05, 0) is 40.2 Å². The zero-order valence-electron chi connectivity index (χ0n) is 9.85. The van der Waals surface area contributed by atoms with Crippen LogP contribution in [-0.2, 0) is 0 Å². The average molecular weight is 316 g/mol. The van der Waals surface area contributed by atoms with E-state index in [1.54, 1.807) is 24.4 Å². The van der Waals surface area contributed by atoms with Gasteiger partial charge in [-0.2, -0.15) is 0 Å². The van der Waals surface area contributed by atoms with Crippen molar-refractivity contribution in [2.45, 2.75) is 0 Å². The normalized spacial score (nSPS) is 10.6. The van der Waals surface area contributed by atoms with Crippen molar-refractivity contribution < 1.29 is 4.79 Å². The van der Waals surface area contributed by atoms with Gasteiger partial charge >= 0.3 is 0 Å². The third-order valence-electron chi connectivity index (χ3n) is 2.84. The first-order valence-corrected chi connectivity index (χ1v) is 6.53. The lowest BCUT2D eigenvalue weighted by atomic mass is 10.1. The molecule has 1 aromatic carbocycles. The van der Waals surface area contributed by atoms with Crippen molar-refractivity contribution in [3.63, 3.8) is 0 Å². The number of benzene rings is 1. The number of hydrogen-bond acceptors (Lipinski definition) is 2. The Hall–Kier alpha value is -2.14. The number of pyridine rings is 1. The molecule has 0 unspecified atom stereocenters. The molecule has 4 nitrogen and oxygen atoms in total. The molecule has 0 aliphatic heterocycles. The molecule has 0 aliphatic carbocycles. The smallest absolute Gasteiger partial charge is 0.257 e. The number of amides is 1. The number of anilines is 1. The number of H-pyrrole nitrogens is 1. The Morgan fingerprint density at radius 2 is 2.11 bits per heavy atom. The highest BCUT2D eigenvalue weighted by Crippen LogP contribution is 2.21. The van der Waals surface area contributed by atoms with Crippen LogP contribution in [-0.4, -0.2) is 15.9 Å². The number of nitrogens with one attached hydrogen (secondary N) is 2. The summed E-state index contributed by atoms with van der Waals surface area (Å²) < 4.78 is 0.613. The fraction of sp³-hybridized carbons (Fsp3) is 0. The number of fused-ring (bicyclic) bond motifs is 1. The number of nitrogens with zero attached hydrogens (tertiary/aromatic N) is 1. The Balaban J connectivity index is 1.97. The number of aromatic amines is 1. The van der Waals surface area contributed by atoms with Crippen LogP contribution in [0.25, 0.3) is 10.9 Å². The summed E-state index contributed by atoms with van der Waals surface area (Å²) in [7, 11) is 0. The van der Waals surface area contributed by atoms with Gasteiger partial charge in [0.15, 0.2) is 0 Å². The maximum Gasteiger partial charge on any atom is 0.257 e. The number of rotatable bonds is 2. The van der Waals surface area contributed by atoms with Crippen LogP contribution in [0.4, 0.5) is 5.69 Å². The lowest BCUT2D eigenvalue weighted by molar-refractivity contribution is 0.102. The minimum Gasteiger partial charge on any atom is -0.361 e. The molecule has 94 valence electrons.